The van der Waals surface area contributed by atoms with E-state index in [-0.39, 0.29) is 23.6 Å². The van der Waals surface area contributed by atoms with Crippen LogP contribution in [0, 0.1) is 0 Å². The van der Waals surface area contributed by atoms with Gasteiger partial charge in [0.2, 0.25) is 5.91 Å². The van der Waals surface area contributed by atoms with Gasteiger partial charge in [-0.1, -0.05) is 0 Å². The number of rotatable bonds is 2. The fraction of sp³-hybridized carbons (Fsp3) is 0.667. The van der Waals surface area contributed by atoms with E-state index in [0.717, 1.165) is 25.0 Å². The summed E-state index contributed by atoms with van der Waals surface area (Å²) in [5, 5.41) is 9.11. The zero-order valence-corrected chi connectivity index (χ0v) is 14.3. The van der Waals surface area contributed by atoms with Crippen molar-refractivity contribution >= 4 is 41.4 Å². The van der Waals surface area contributed by atoms with Crippen molar-refractivity contribution in [1.82, 2.24) is 10.6 Å². The Hall–Kier alpha value is -0.230. The lowest BCUT2D eigenvalue weighted by Gasteiger charge is -2.31. The highest BCUT2D eigenvalue weighted by Crippen LogP contribution is 2.39. The molecule has 6 heteroatoms. The van der Waals surface area contributed by atoms with Crippen LogP contribution in [0.1, 0.15) is 41.4 Å². The molecular weight excluding hydrogens is 324 g/mol. The first-order chi connectivity index (χ1) is 9.79. The van der Waals surface area contributed by atoms with Crippen LogP contribution >= 0.6 is 35.5 Å². The van der Waals surface area contributed by atoms with Crippen molar-refractivity contribution in [2.75, 3.05) is 5.75 Å². The number of carbonyl (C=O) groups is 1. The van der Waals surface area contributed by atoms with Gasteiger partial charge in [0.25, 0.3) is 0 Å². The Morgan fingerprint density at radius 1 is 1.29 bits per heavy atom. The first-order valence-corrected chi connectivity index (χ1v) is 9.47. The summed E-state index contributed by atoms with van der Waals surface area (Å²) in [5.41, 5.74) is 1.26. The van der Waals surface area contributed by atoms with Crippen LogP contribution in [0.15, 0.2) is 11.4 Å². The van der Waals surface area contributed by atoms with Crippen molar-refractivity contribution in [1.29, 1.82) is 0 Å². The molecule has 116 valence electrons. The maximum absolute atomic E-state index is 12.6. The molecule has 2 saturated heterocycles. The highest BCUT2D eigenvalue weighted by Gasteiger charge is 2.36. The molecule has 4 rings (SSSR count). The van der Waals surface area contributed by atoms with Gasteiger partial charge < -0.3 is 10.6 Å². The number of fused-ring (bicyclic) bond motifs is 3. The maximum atomic E-state index is 12.6. The Bertz CT molecular complexity index is 510. The molecule has 2 N–H and O–H groups in total. The topological polar surface area (TPSA) is 41.1 Å². The van der Waals surface area contributed by atoms with Crippen molar-refractivity contribution in [3.05, 3.63) is 21.9 Å². The third-order valence-corrected chi connectivity index (χ3v) is 6.97. The SMILES string of the molecule is Cl.O=C(NC1CC2CCC(C1)N2)C1SCCc2sccc21. The molecule has 3 aliphatic heterocycles. The van der Waals surface area contributed by atoms with Crippen molar-refractivity contribution in [3.8, 4) is 0 Å². The van der Waals surface area contributed by atoms with E-state index in [1.165, 1.54) is 23.3 Å². The van der Waals surface area contributed by atoms with Crippen LogP contribution in [0.3, 0.4) is 0 Å². The number of piperidine rings is 1. The van der Waals surface area contributed by atoms with Gasteiger partial charge in [-0.15, -0.1) is 35.5 Å². The van der Waals surface area contributed by atoms with Gasteiger partial charge in [0.1, 0.15) is 5.25 Å². The molecule has 3 unspecified atom stereocenters. The van der Waals surface area contributed by atoms with E-state index >= 15 is 0 Å². The smallest absolute Gasteiger partial charge is 0.237 e. The second-order valence-electron chi connectivity index (χ2n) is 6.11. The minimum absolute atomic E-state index is 0. The molecular formula is C15H21ClN2OS2. The number of hydrogen-bond acceptors (Lipinski definition) is 4. The van der Waals surface area contributed by atoms with Gasteiger partial charge in [0, 0.05) is 23.0 Å². The number of thiophene rings is 1. The second kappa shape index (κ2) is 6.49. The number of amides is 1. The third kappa shape index (κ3) is 3.11. The summed E-state index contributed by atoms with van der Waals surface area (Å²) < 4.78 is 0. The van der Waals surface area contributed by atoms with E-state index in [2.05, 4.69) is 22.1 Å². The molecule has 3 atom stereocenters. The fourth-order valence-electron chi connectivity index (χ4n) is 3.82. The monoisotopic (exact) mass is 344 g/mol. The summed E-state index contributed by atoms with van der Waals surface area (Å²) in [6.07, 6.45) is 5.90. The van der Waals surface area contributed by atoms with Gasteiger partial charge in [0.05, 0.1) is 0 Å². The van der Waals surface area contributed by atoms with Crippen LogP contribution in [0.25, 0.3) is 0 Å². The summed E-state index contributed by atoms with van der Waals surface area (Å²) in [4.78, 5) is 14.0. The molecule has 0 radical (unpaired) electrons. The molecule has 4 heterocycles. The van der Waals surface area contributed by atoms with E-state index in [1.807, 2.05) is 0 Å². The van der Waals surface area contributed by atoms with Crippen molar-refractivity contribution in [2.45, 2.75) is 55.5 Å². The highest BCUT2D eigenvalue weighted by atomic mass is 35.5. The van der Waals surface area contributed by atoms with Gasteiger partial charge in [0.15, 0.2) is 0 Å². The number of carbonyl (C=O) groups excluding carboxylic acids is 1. The molecule has 0 saturated carbocycles. The normalized spacial score (nSPS) is 33.9. The molecule has 2 fully saturated rings. The predicted octanol–water partition coefficient (Wildman–Crippen LogP) is 2.90. The number of hydrogen-bond donors (Lipinski definition) is 2. The lowest BCUT2D eigenvalue weighted by atomic mass is 9.99. The standard InChI is InChI=1S/C15H20N2OS2.ClH/c18-15(14-12-3-5-19-13(12)4-6-20-14)17-11-7-9-1-2-10(8-11)16-9;/h3,5,9-11,14,16H,1-2,4,6-8H2,(H,17,18);1H. The number of aryl methyl sites for hydroxylation is 1. The Morgan fingerprint density at radius 2 is 2.05 bits per heavy atom. The predicted molar refractivity (Wildman–Crippen MR) is 91.6 cm³/mol. The van der Waals surface area contributed by atoms with Crippen molar-refractivity contribution in [3.63, 3.8) is 0 Å². The summed E-state index contributed by atoms with van der Waals surface area (Å²) >= 11 is 3.60. The van der Waals surface area contributed by atoms with E-state index in [1.54, 1.807) is 23.1 Å². The first-order valence-electron chi connectivity index (χ1n) is 7.54. The van der Waals surface area contributed by atoms with Crippen LogP contribution in [0.4, 0.5) is 0 Å². The third-order valence-electron chi connectivity index (χ3n) is 4.73. The molecule has 1 aromatic rings. The Balaban J connectivity index is 0.00000132. The van der Waals surface area contributed by atoms with Gasteiger partial charge in [-0.2, -0.15) is 0 Å². The summed E-state index contributed by atoms with van der Waals surface area (Å²) in [5.74, 6) is 1.31. The summed E-state index contributed by atoms with van der Waals surface area (Å²) in [6, 6.07) is 3.79. The molecule has 3 aliphatic rings. The minimum Gasteiger partial charge on any atom is -0.352 e. The molecule has 1 aromatic heterocycles. The van der Waals surface area contributed by atoms with E-state index < -0.39 is 0 Å². The van der Waals surface area contributed by atoms with Crippen LogP contribution in [-0.2, 0) is 11.2 Å². The second-order valence-corrected chi connectivity index (χ2v) is 8.33. The molecule has 21 heavy (non-hydrogen) atoms. The fourth-order valence-corrected chi connectivity index (χ4v) is 6.12. The van der Waals surface area contributed by atoms with Crippen molar-refractivity contribution < 1.29 is 4.79 Å². The van der Waals surface area contributed by atoms with Gasteiger partial charge in [-0.3, -0.25) is 4.79 Å². The Kier molecular flexibility index (Phi) is 4.84. The van der Waals surface area contributed by atoms with E-state index in [9.17, 15) is 4.79 Å². The number of halogens is 1. The molecule has 0 aliphatic carbocycles. The average molecular weight is 345 g/mol. The van der Waals surface area contributed by atoms with Crippen molar-refractivity contribution in [2.24, 2.45) is 0 Å². The van der Waals surface area contributed by atoms with E-state index in [0.29, 0.717) is 18.1 Å². The van der Waals surface area contributed by atoms with Crippen LogP contribution in [-0.4, -0.2) is 29.8 Å². The Labute approximate surface area is 140 Å². The Morgan fingerprint density at radius 3 is 2.81 bits per heavy atom. The van der Waals surface area contributed by atoms with Crippen LogP contribution < -0.4 is 10.6 Å². The molecule has 2 bridgehead atoms. The minimum atomic E-state index is 0. The summed E-state index contributed by atoms with van der Waals surface area (Å²) in [6.45, 7) is 0. The van der Waals surface area contributed by atoms with Crippen LogP contribution in [0.2, 0.25) is 0 Å². The quantitative estimate of drug-likeness (QED) is 0.866. The number of nitrogens with one attached hydrogen (secondary N) is 2. The highest BCUT2D eigenvalue weighted by molar-refractivity contribution is 8.00. The van der Waals surface area contributed by atoms with E-state index in [4.69, 9.17) is 0 Å². The molecule has 0 aromatic carbocycles. The van der Waals surface area contributed by atoms with Gasteiger partial charge in [-0.25, -0.2) is 0 Å². The molecule has 3 nitrogen and oxygen atoms in total. The molecule has 1 amide bonds. The van der Waals surface area contributed by atoms with Crippen LogP contribution in [0.5, 0.6) is 0 Å². The lowest BCUT2D eigenvalue weighted by molar-refractivity contribution is -0.121. The average Bonchev–Trinajstić information content (AvgIpc) is 3.04. The zero-order chi connectivity index (χ0) is 13.5. The molecule has 0 spiro atoms. The zero-order valence-electron chi connectivity index (χ0n) is 11.8. The van der Waals surface area contributed by atoms with Gasteiger partial charge >= 0.3 is 0 Å². The first kappa shape index (κ1) is 15.7. The maximum Gasteiger partial charge on any atom is 0.237 e. The summed E-state index contributed by atoms with van der Waals surface area (Å²) in [7, 11) is 0. The van der Waals surface area contributed by atoms with Gasteiger partial charge in [-0.05, 0) is 54.9 Å². The lowest BCUT2D eigenvalue weighted by Crippen LogP contribution is -2.48. The number of thioether (sulfide) groups is 1. The largest absolute Gasteiger partial charge is 0.352 e.